The molecule has 1 atom stereocenters. The zero-order valence-corrected chi connectivity index (χ0v) is 16.7. The highest BCUT2D eigenvalue weighted by atomic mass is 35.5. The van der Waals surface area contributed by atoms with Crippen molar-refractivity contribution in [3.63, 3.8) is 0 Å². The summed E-state index contributed by atoms with van der Waals surface area (Å²) in [4.78, 5) is 15.9. The molecular formula is C20H24ClNO3S. The minimum Gasteiger partial charge on any atom is -0.483 e. The van der Waals surface area contributed by atoms with Crippen LogP contribution in [-0.4, -0.2) is 36.7 Å². The fourth-order valence-electron chi connectivity index (χ4n) is 3.03. The van der Waals surface area contributed by atoms with Gasteiger partial charge in [-0.3, -0.25) is 4.79 Å². The molecule has 4 nitrogen and oxygen atoms in total. The first kappa shape index (κ1) is 19.2. The van der Waals surface area contributed by atoms with E-state index in [4.69, 9.17) is 21.1 Å². The molecule has 1 unspecified atom stereocenters. The van der Waals surface area contributed by atoms with Gasteiger partial charge in [-0.25, -0.2) is 0 Å². The lowest BCUT2D eigenvalue weighted by molar-refractivity contribution is -0.135. The lowest BCUT2D eigenvalue weighted by Gasteiger charge is -2.25. The highest BCUT2D eigenvalue weighted by Crippen LogP contribution is 2.23. The Morgan fingerprint density at radius 3 is 2.85 bits per heavy atom. The van der Waals surface area contributed by atoms with Crippen LogP contribution in [0.15, 0.2) is 29.6 Å². The van der Waals surface area contributed by atoms with Crippen molar-refractivity contribution in [2.75, 3.05) is 19.8 Å². The summed E-state index contributed by atoms with van der Waals surface area (Å²) in [5.41, 5.74) is 2.14. The number of carbonyl (C=O) groups is 1. The van der Waals surface area contributed by atoms with E-state index in [0.29, 0.717) is 23.9 Å². The van der Waals surface area contributed by atoms with Crippen molar-refractivity contribution in [3.05, 3.63) is 50.7 Å². The zero-order valence-electron chi connectivity index (χ0n) is 15.2. The Kier molecular flexibility index (Phi) is 6.57. The van der Waals surface area contributed by atoms with Gasteiger partial charge in [-0.2, -0.15) is 0 Å². The van der Waals surface area contributed by atoms with Gasteiger partial charge in [-0.1, -0.05) is 11.6 Å². The molecule has 140 valence electrons. The first-order chi connectivity index (χ1) is 12.5. The summed E-state index contributed by atoms with van der Waals surface area (Å²) in [5, 5.41) is 2.72. The molecule has 2 heterocycles. The standard InChI is InChI=1S/C20H24ClNO3S/c1-14-7-9-26-19(14)12-22(11-17-4-3-8-24-17)20(23)13-25-18-6-5-16(21)10-15(18)2/h5-7,9-10,17H,3-4,8,11-13H2,1-2H3. The molecular weight excluding hydrogens is 370 g/mol. The number of thiophene rings is 1. The van der Waals surface area contributed by atoms with Crippen LogP contribution in [0.2, 0.25) is 5.02 Å². The molecule has 0 saturated carbocycles. The molecule has 0 bridgehead atoms. The predicted octanol–water partition coefficient (Wildman–Crippen LogP) is 4.60. The second kappa shape index (κ2) is 8.89. The molecule has 3 rings (SSSR count). The average molecular weight is 394 g/mol. The van der Waals surface area contributed by atoms with Gasteiger partial charge in [0.05, 0.1) is 12.6 Å². The van der Waals surface area contributed by atoms with Gasteiger partial charge in [0, 0.05) is 23.1 Å². The highest BCUT2D eigenvalue weighted by molar-refractivity contribution is 7.10. The number of nitrogens with zero attached hydrogens (tertiary/aromatic N) is 1. The van der Waals surface area contributed by atoms with Crippen LogP contribution < -0.4 is 4.74 Å². The number of amides is 1. The van der Waals surface area contributed by atoms with Crippen LogP contribution in [0.1, 0.15) is 28.8 Å². The number of carbonyl (C=O) groups excluding carboxylic acids is 1. The molecule has 1 aliphatic rings. The number of halogens is 1. The Bertz CT molecular complexity index is 755. The maximum atomic E-state index is 12.8. The Morgan fingerprint density at radius 2 is 2.19 bits per heavy atom. The third kappa shape index (κ3) is 5.00. The number of benzene rings is 1. The maximum absolute atomic E-state index is 12.8. The fraction of sp³-hybridized carbons (Fsp3) is 0.450. The number of rotatable bonds is 7. The van der Waals surface area contributed by atoms with Gasteiger partial charge in [0.1, 0.15) is 5.75 Å². The lowest BCUT2D eigenvalue weighted by atomic mass is 10.2. The van der Waals surface area contributed by atoms with E-state index in [1.807, 2.05) is 17.9 Å². The van der Waals surface area contributed by atoms with Crippen LogP contribution in [-0.2, 0) is 16.1 Å². The van der Waals surface area contributed by atoms with E-state index in [9.17, 15) is 4.79 Å². The monoisotopic (exact) mass is 393 g/mol. The fourth-order valence-corrected chi connectivity index (χ4v) is 4.18. The van der Waals surface area contributed by atoms with Gasteiger partial charge in [-0.15, -0.1) is 11.3 Å². The summed E-state index contributed by atoms with van der Waals surface area (Å²) in [7, 11) is 0. The molecule has 0 spiro atoms. The Labute approximate surface area is 163 Å². The molecule has 2 aromatic rings. The highest BCUT2D eigenvalue weighted by Gasteiger charge is 2.24. The van der Waals surface area contributed by atoms with Crippen molar-refractivity contribution in [1.82, 2.24) is 4.90 Å². The largest absolute Gasteiger partial charge is 0.483 e. The topological polar surface area (TPSA) is 38.8 Å². The first-order valence-electron chi connectivity index (χ1n) is 8.84. The Morgan fingerprint density at radius 1 is 1.35 bits per heavy atom. The van der Waals surface area contributed by atoms with Gasteiger partial charge in [0.25, 0.3) is 5.91 Å². The normalized spacial score (nSPS) is 16.7. The Hall–Kier alpha value is -1.56. The Balaban J connectivity index is 1.65. The minimum absolute atomic E-state index is 0.0135. The first-order valence-corrected chi connectivity index (χ1v) is 10.1. The average Bonchev–Trinajstić information content (AvgIpc) is 3.25. The SMILES string of the molecule is Cc1cc(Cl)ccc1OCC(=O)N(Cc1sccc1C)CC1CCCO1. The third-order valence-electron chi connectivity index (χ3n) is 4.59. The summed E-state index contributed by atoms with van der Waals surface area (Å²) in [6, 6.07) is 7.50. The van der Waals surface area contributed by atoms with E-state index in [1.165, 1.54) is 10.4 Å². The summed E-state index contributed by atoms with van der Waals surface area (Å²) in [6.07, 6.45) is 2.19. The minimum atomic E-state index is -0.0253. The smallest absolute Gasteiger partial charge is 0.260 e. The molecule has 1 amide bonds. The van der Waals surface area contributed by atoms with Crippen molar-refractivity contribution in [2.24, 2.45) is 0 Å². The summed E-state index contributed by atoms with van der Waals surface area (Å²) >= 11 is 7.66. The van der Waals surface area contributed by atoms with Crippen LogP contribution in [0.25, 0.3) is 0 Å². The van der Waals surface area contributed by atoms with Gasteiger partial charge >= 0.3 is 0 Å². The summed E-state index contributed by atoms with van der Waals surface area (Å²) in [5.74, 6) is 0.662. The molecule has 6 heteroatoms. The number of hydrogen-bond acceptors (Lipinski definition) is 4. The molecule has 1 aliphatic heterocycles. The van der Waals surface area contributed by atoms with Crippen LogP contribution in [0.3, 0.4) is 0 Å². The van der Waals surface area contributed by atoms with E-state index >= 15 is 0 Å². The molecule has 0 N–H and O–H groups in total. The molecule has 1 aromatic heterocycles. The number of ether oxygens (including phenoxy) is 2. The summed E-state index contributed by atoms with van der Waals surface area (Å²) in [6.45, 7) is 6.01. The molecule has 26 heavy (non-hydrogen) atoms. The van der Waals surface area contributed by atoms with Crippen molar-refractivity contribution in [3.8, 4) is 5.75 Å². The van der Waals surface area contributed by atoms with Crippen molar-refractivity contribution in [2.45, 2.75) is 39.3 Å². The van der Waals surface area contributed by atoms with E-state index in [1.54, 1.807) is 23.5 Å². The molecule has 1 aromatic carbocycles. The molecule has 0 radical (unpaired) electrons. The zero-order chi connectivity index (χ0) is 18.5. The third-order valence-corrected chi connectivity index (χ3v) is 5.83. The van der Waals surface area contributed by atoms with Crippen LogP contribution in [0.4, 0.5) is 0 Å². The van der Waals surface area contributed by atoms with Gasteiger partial charge in [0.15, 0.2) is 6.61 Å². The van der Waals surface area contributed by atoms with Crippen LogP contribution >= 0.6 is 22.9 Å². The van der Waals surface area contributed by atoms with Gasteiger partial charge < -0.3 is 14.4 Å². The van der Waals surface area contributed by atoms with E-state index < -0.39 is 0 Å². The van der Waals surface area contributed by atoms with E-state index in [0.717, 1.165) is 25.0 Å². The number of aryl methyl sites for hydroxylation is 2. The quantitative estimate of drug-likeness (QED) is 0.689. The maximum Gasteiger partial charge on any atom is 0.260 e. The van der Waals surface area contributed by atoms with Gasteiger partial charge in [0.2, 0.25) is 0 Å². The predicted molar refractivity (Wildman–Crippen MR) is 105 cm³/mol. The molecule has 1 fully saturated rings. The van der Waals surface area contributed by atoms with Crippen molar-refractivity contribution < 1.29 is 14.3 Å². The number of hydrogen-bond donors (Lipinski definition) is 0. The summed E-state index contributed by atoms with van der Waals surface area (Å²) < 4.78 is 11.5. The van der Waals surface area contributed by atoms with Gasteiger partial charge in [-0.05, 0) is 67.5 Å². The van der Waals surface area contributed by atoms with E-state index in [-0.39, 0.29) is 18.6 Å². The lowest BCUT2D eigenvalue weighted by Crippen LogP contribution is -2.39. The molecule has 0 aliphatic carbocycles. The van der Waals surface area contributed by atoms with Crippen molar-refractivity contribution >= 4 is 28.8 Å². The van der Waals surface area contributed by atoms with Crippen molar-refractivity contribution in [1.29, 1.82) is 0 Å². The second-order valence-electron chi connectivity index (χ2n) is 6.63. The molecule has 1 saturated heterocycles. The van der Waals surface area contributed by atoms with Crippen LogP contribution in [0.5, 0.6) is 5.75 Å². The van der Waals surface area contributed by atoms with E-state index in [2.05, 4.69) is 18.4 Å². The second-order valence-corrected chi connectivity index (χ2v) is 8.07. The van der Waals surface area contributed by atoms with Crippen LogP contribution in [0, 0.1) is 13.8 Å².